The molecule has 15 heavy (non-hydrogen) atoms. The maximum Gasteiger partial charge on any atom is 0.491 e. The average Bonchev–Trinajstić information content (AvgIpc) is 2.16. The Balaban J connectivity index is 3.35. The molecule has 0 aliphatic heterocycles. The second-order valence-corrected chi connectivity index (χ2v) is 3.02. The number of esters is 1. The second kappa shape index (κ2) is 4.42. The zero-order valence-electron chi connectivity index (χ0n) is 8.32. The van der Waals surface area contributed by atoms with E-state index in [0.717, 1.165) is 7.11 Å². The molecule has 0 spiro atoms. The Morgan fingerprint density at radius 2 is 2.07 bits per heavy atom. The van der Waals surface area contributed by atoms with E-state index in [1.807, 2.05) is 0 Å². The number of ether oxygens (including phenoxy) is 1. The fourth-order valence-corrected chi connectivity index (χ4v) is 1.27. The molecule has 0 aromatic heterocycles. The van der Waals surface area contributed by atoms with Crippen molar-refractivity contribution >= 4 is 18.6 Å². The lowest BCUT2D eigenvalue weighted by Crippen LogP contribution is -2.36. The number of halogens is 1. The summed E-state index contributed by atoms with van der Waals surface area (Å²) in [7, 11) is -0.828. The molecule has 0 saturated heterocycles. The van der Waals surface area contributed by atoms with Crippen molar-refractivity contribution in [3.8, 4) is 0 Å². The lowest BCUT2D eigenvalue weighted by atomic mass is 9.76. The largest absolute Gasteiger partial charge is 0.491 e. The Bertz CT molecular complexity index is 392. The molecule has 2 N–H and O–H groups in total. The minimum atomic E-state index is -1.95. The van der Waals surface area contributed by atoms with E-state index < -0.39 is 18.9 Å². The van der Waals surface area contributed by atoms with Crippen molar-refractivity contribution in [2.75, 3.05) is 7.11 Å². The number of benzene rings is 1. The molecule has 0 heterocycles. The van der Waals surface area contributed by atoms with Crippen LogP contribution in [0, 0.1) is 12.7 Å². The number of carbonyl (C=O) groups is 1. The summed E-state index contributed by atoms with van der Waals surface area (Å²) >= 11 is 0. The molecule has 0 aliphatic rings. The molecule has 4 nitrogen and oxygen atoms in total. The van der Waals surface area contributed by atoms with Crippen LogP contribution in [-0.4, -0.2) is 30.2 Å². The maximum atomic E-state index is 13.6. The molecular weight excluding hydrogens is 202 g/mol. The summed E-state index contributed by atoms with van der Waals surface area (Å²) in [4.78, 5) is 11.1. The van der Waals surface area contributed by atoms with Crippen LogP contribution in [0.15, 0.2) is 12.1 Å². The normalized spacial score (nSPS) is 9.93. The van der Waals surface area contributed by atoms with Gasteiger partial charge in [-0.2, -0.15) is 0 Å². The van der Waals surface area contributed by atoms with Gasteiger partial charge in [0.1, 0.15) is 5.82 Å². The minimum absolute atomic E-state index is 0.307. The SMILES string of the molecule is COC(=O)c1ccc(C)c(B(O)O)c1F. The molecule has 1 aromatic carbocycles. The fraction of sp³-hybridized carbons (Fsp3) is 0.222. The van der Waals surface area contributed by atoms with Crippen LogP contribution in [0.25, 0.3) is 0 Å². The molecule has 1 aromatic rings. The van der Waals surface area contributed by atoms with Gasteiger partial charge in [0, 0.05) is 5.46 Å². The summed E-state index contributed by atoms with van der Waals surface area (Å²) in [6, 6.07) is 2.66. The van der Waals surface area contributed by atoms with Gasteiger partial charge in [-0.15, -0.1) is 0 Å². The lowest BCUT2D eigenvalue weighted by Gasteiger charge is -2.09. The molecule has 80 valence electrons. The number of hydrogen-bond donors (Lipinski definition) is 2. The van der Waals surface area contributed by atoms with E-state index in [0.29, 0.717) is 5.56 Å². The molecule has 0 radical (unpaired) electrons. The Labute approximate surface area is 86.4 Å². The molecule has 0 amide bonds. The van der Waals surface area contributed by atoms with Gasteiger partial charge >= 0.3 is 13.1 Å². The van der Waals surface area contributed by atoms with Crippen molar-refractivity contribution in [2.24, 2.45) is 0 Å². The van der Waals surface area contributed by atoms with Gasteiger partial charge in [-0.1, -0.05) is 6.07 Å². The van der Waals surface area contributed by atoms with E-state index in [1.54, 1.807) is 0 Å². The van der Waals surface area contributed by atoms with Crippen LogP contribution in [0.3, 0.4) is 0 Å². The smallest absolute Gasteiger partial charge is 0.465 e. The Kier molecular flexibility index (Phi) is 3.44. The van der Waals surface area contributed by atoms with Crippen molar-refractivity contribution in [2.45, 2.75) is 6.92 Å². The van der Waals surface area contributed by atoms with Crippen molar-refractivity contribution in [3.05, 3.63) is 29.1 Å². The quantitative estimate of drug-likeness (QED) is 0.517. The number of rotatable bonds is 2. The van der Waals surface area contributed by atoms with E-state index in [1.165, 1.54) is 19.1 Å². The zero-order valence-corrected chi connectivity index (χ0v) is 8.32. The maximum absolute atomic E-state index is 13.6. The first-order chi connectivity index (χ1) is 6.99. The van der Waals surface area contributed by atoms with Crippen molar-refractivity contribution in [1.29, 1.82) is 0 Å². The van der Waals surface area contributed by atoms with E-state index >= 15 is 0 Å². The molecule has 0 fully saturated rings. The van der Waals surface area contributed by atoms with E-state index in [-0.39, 0.29) is 11.0 Å². The van der Waals surface area contributed by atoms with Gasteiger partial charge in [0.15, 0.2) is 0 Å². The third-order valence-electron chi connectivity index (χ3n) is 2.06. The topological polar surface area (TPSA) is 66.8 Å². The third kappa shape index (κ3) is 2.16. The summed E-state index contributed by atoms with van der Waals surface area (Å²) in [5, 5.41) is 17.9. The van der Waals surface area contributed by atoms with Crippen molar-refractivity contribution in [1.82, 2.24) is 0 Å². The highest BCUT2D eigenvalue weighted by atomic mass is 19.1. The van der Waals surface area contributed by atoms with Crippen LogP contribution in [0.2, 0.25) is 0 Å². The summed E-state index contributed by atoms with van der Waals surface area (Å²) in [5.41, 5.74) is -0.265. The molecule has 0 saturated carbocycles. The number of hydrogen-bond acceptors (Lipinski definition) is 4. The summed E-state index contributed by atoms with van der Waals surface area (Å²) in [5.74, 6) is -1.81. The third-order valence-corrected chi connectivity index (χ3v) is 2.06. The first kappa shape index (κ1) is 11.7. The zero-order chi connectivity index (χ0) is 11.6. The van der Waals surface area contributed by atoms with E-state index in [2.05, 4.69) is 4.74 Å². The standard InChI is InChI=1S/C9H10BFO4/c1-5-3-4-6(9(12)15-2)8(11)7(5)10(13)14/h3-4,13-14H,1-2H3. The van der Waals surface area contributed by atoms with Crippen LogP contribution < -0.4 is 5.46 Å². The molecule has 0 atom stereocenters. The van der Waals surface area contributed by atoms with Gasteiger partial charge in [-0.25, -0.2) is 9.18 Å². The van der Waals surface area contributed by atoms with Crippen molar-refractivity contribution in [3.63, 3.8) is 0 Å². The highest BCUT2D eigenvalue weighted by Crippen LogP contribution is 2.09. The predicted molar refractivity (Wildman–Crippen MR) is 52.3 cm³/mol. The Morgan fingerprint density at radius 3 is 2.53 bits per heavy atom. The lowest BCUT2D eigenvalue weighted by molar-refractivity contribution is 0.0596. The van der Waals surface area contributed by atoms with Crippen LogP contribution in [-0.2, 0) is 4.74 Å². The van der Waals surface area contributed by atoms with Crippen LogP contribution in [0.5, 0.6) is 0 Å². The molecule has 0 aliphatic carbocycles. The second-order valence-electron chi connectivity index (χ2n) is 3.02. The number of aryl methyl sites for hydroxylation is 1. The molecule has 6 heteroatoms. The highest BCUT2D eigenvalue weighted by molar-refractivity contribution is 6.59. The average molecular weight is 212 g/mol. The van der Waals surface area contributed by atoms with Crippen molar-refractivity contribution < 1.29 is 24.0 Å². The van der Waals surface area contributed by atoms with Gasteiger partial charge < -0.3 is 14.8 Å². The highest BCUT2D eigenvalue weighted by Gasteiger charge is 2.24. The van der Waals surface area contributed by atoms with Crippen LogP contribution >= 0.6 is 0 Å². The Hall–Kier alpha value is -1.40. The number of carbonyl (C=O) groups excluding carboxylic acids is 1. The molecule has 0 bridgehead atoms. The Morgan fingerprint density at radius 1 is 1.47 bits per heavy atom. The van der Waals surface area contributed by atoms with Crippen LogP contribution in [0.4, 0.5) is 4.39 Å². The van der Waals surface area contributed by atoms with Crippen LogP contribution in [0.1, 0.15) is 15.9 Å². The minimum Gasteiger partial charge on any atom is -0.465 e. The molecule has 0 unspecified atom stereocenters. The number of methoxy groups -OCH3 is 1. The summed E-state index contributed by atoms with van der Waals surface area (Å²) in [6.45, 7) is 1.51. The van der Waals surface area contributed by atoms with Gasteiger partial charge in [0.05, 0.1) is 12.7 Å². The predicted octanol–water partition coefficient (Wildman–Crippen LogP) is -0.399. The summed E-state index contributed by atoms with van der Waals surface area (Å²) < 4.78 is 18.0. The van der Waals surface area contributed by atoms with Gasteiger partial charge in [-0.05, 0) is 18.6 Å². The van der Waals surface area contributed by atoms with E-state index in [9.17, 15) is 9.18 Å². The monoisotopic (exact) mass is 212 g/mol. The molecular formula is C9H10BFO4. The van der Waals surface area contributed by atoms with E-state index in [4.69, 9.17) is 10.0 Å². The first-order valence-corrected chi connectivity index (χ1v) is 4.22. The van der Waals surface area contributed by atoms with Gasteiger partial charge in [-0.3, -0.25) is 0 Å². The molecule has 1 rings (SSSR count). The van der Waals surface area contributed by atoms with Gasteiger partial charge in [0.25, 0.3) is 0 Å². The fourth-order valence-electron chi connectivity index (χ4n) is 1.27. The first-order valence-electron chi connectivity index (χ1n) is 4.22. The summed E-state index contributed by atoms with van der Waals surface area (Å²) in [6.07, 6.45) is 0. The van der Waals surface area contributed by atoms with Gasteiger partial charge in [0.2, 0.25) is 0 Å².